The molecule has 0 aliphatic rings. The quantitative estimate of drug-likeness (QED) is 0.453. The highest BCUT2D eigenvalue weighted by Gasteiger charge is 2.11. The van der Waals surface area contributed by atoms with Gasteiger partial charge in [-0.2, -0.15) is 0 Å². The highest BCUT2D eigenvalue weighted by Crippen LogP contribution is 1.98. The third-order valence-corrected chi connectivity index (χ3v) is 2.91. The SMILES string of the molecule is CC/C=C\C(CC)NC(CN(C)CCC)NC. The third-order valence-electron chi connectivity index (χ3n) is 2.91. The molecular weight excluding hydrogens is 210 g/mol. The van der Waals surface area contributed by atoms with Crippen molar-refractivity contribution < 1.29 is 0 Å². The molecule has 0 saturated carbocycles. The molecule has 0 spiro atoms. The van der Waals surface area contributed by atoms with E-state index in [2.05, 4.69) is 55.5 Å². The normalized spacial score (nSPS) is 15.6. The fraction of sp³-hybridized carbons (Fsp3) is 0.857. The van der Waals surface area contributed by atoms with Crippen LogP contribution < -0.4 is 10.6 Å². The molecule has 2 unspecified atom stereocenters. The molecule has 0 amide bonds. The van der Waals surface area contributed by atoms with E-state index in [4.69, 9.17) is 0 Å². The van der Waals surface area contributed by atoms with Gasteiger partial charge in [-0.05, 0) is 39.9 Å². The molecule has 17 heavy (non-hydrogen) atoms. The Hall–Kier alpha value is -0.380. The second-order valence-electron chi connectivity index (χ2n) is 4.62. The van der Waals surface area contributed by atoms with E-state index in [1.54, 1.807) is 0 Å². The van der Waals surface area contributed by atoms with Gasteiger partial charge in [0.25, 0.3) is 0 Å². The molecule has 0 aliphatic carbocycles. The van der Waals surface area contributed by atoms with E-state index < -0.39 is 0 Å². The van der Waals surface area contributed by atoms with Crippen molar-refractivity contribution in [2.75, 3.05) is 27.2 Å². The summed E-state index contributed by atoms with van der Waals surface area (Å²) < 4.78 is 0. The summed E-state index contributed by atoms with van der Waals surface area (Å²) in [6.45, 7) is 8.81. The van der Waals surface area contributed by atoms with Crippen LogP contribution in [0.4, 0.5) is 0 Å². The Kier molecular flexibility index (Phi) is 10.5. The van der Waals surface area contributed by atoms with Crippen molar-refractivity contribution in [1.29, 1.82) is 0 Å². The van der Waals surface area contributed by atoms with Crippen LogP contribution in [0.1, 0.15) is 40.0 Å². The number of nitrogens with zero attached hydrogens (tertiary/aromatic N) is 1. The molecule has 0 rings (SSSR count). The monoisotopic (exact) mass is 241 g/mol. The predicted octanol–water partition coefficient (Wildman–Crippen LogP) is 2.21. The second kappa shape index (κ2) is 10.8. The van der Waals surface area contributed by atoms with Crippen molar-refractivity contribution in [3.63, 3.8) is 0 Å². The van der Waals surface area contributed by atoms with Crippen LogP contribution in [0.5, 0.6) is 0 Å². The van der Waals surface area contributed by atoms with Gasteiger partial charge < -0.3 is 10.2 Å². The maximum absolute atomic E-state index is 3.64. The molecule has 0 saturated heterocycles. The molecule has 0 aromatic heterocycles. The van der Waals surface area contributed by atoms with Crippen LogP contribution in [0.2, 0.25) is 0 Å². The van der Waals surface area contributed by atoms with Crippen molar-refractivity contribution in [3.8, 4) is 0 Å². The van der Waals surface area contributed by atoms with Gasteiger partial charge in [-0.1, -0.05) is 32.9 Å². The molecular formula is C14H31N3. The lowest BCUT2D eigenvalue weighted by Crippen LogP contribution is -2.51. The molecule has 0 aliphatic heterocycles. The number of allylic oxidation sites excluding steroid dienone is 1. The molecule has 3 nitrogen and oxygen atoms in total. The first-order chi connectivity index (χ1) is 8.17. The molecule has 0 fully saturated rings. The Morgan fingerprint density at radius 2 is 1.94 bits per heavy atom. The van der Waals surface area contributed by atoms with Crippen LogP contribution in [-0.2, 0) is 0 Å². The number of likely N-dealkylation sites (N-methyl/N-ethyl adjacent to an activating group) is 2. The molecule has 0 heterocycles. The van der Waals surface area contributed by atoms with Crippen LogP contribution >= 0.6 is 0 Å². The summed E-state index contributed by atoms with van der Waals surface area (Å²) in [5.41, 5.74) is 0. The average molecular weight is 241 g/mol. The van der Waals surface area contributed by atoms with Gasteiger partial charge in [-0.15, -0.1) is 0 Å². The smallest absolute Gasteiger partial charge is 0.0705 e. The minimum absolute atomic E-state index is 0.359. The molecule has 0 radical (unpaired) electrons. The topological polar surface area (TPSA) is 27.3 Å². The Bertz CT molecular complexity index is 192. The van der Waals surface area contributed by atoms with E-state index in [1.165, 1.54) is 6.42 Å². The summed E-state index contributed by atoms with van der Waals surface area (Å²) in [7, 11) is 4.20. The first kappa shape index (κ1) is 16.6. The predicted molar refractivity (Wildman–Crippen MR) is 77.3 cm³/mol. The molecule has 2 N–H and O–H groups in total. The van der Waals surface area contributed by atoms with Crippen LogP contribution in [0.25, 0.3) is 0 Å². The number of hydrogen-bond acceptors (Lipinski definition) is 3. The summed E-state index contributed by atoms with van der Waals surface area (Å²) in [4.78, 5) is 2.37. The van der Waals surface area contributed by atoms with Crippen molar-refractivity contribution in [2.24, 2.45) is 0 Å². The number of hydrogen-bond donors (Lipinski definition) is 2. The fourth-order valence-electron chi connectivity index (χ4n) is 1.88. The minimum atomic E-state index is 0.359. The highest BCUT2D eigenvalue weighted by atomic mass is 15.2. The average Bonchev–Trinajstić information content (AvgIpc) is 2.33. The maximum Gasteiger partial charge on any atom is 0.0705 e. The molecule has 0 bridgehead atoms. The minimum Gasteiger partial charge on any atom is -0.304 e. The van der Waals surface area contributed by atoms with E-state index in [9.17, 15) is 0 Å². The van der Waals surface area contributed by atoms with Crippen molar-refractivity contribution in [1.82, 2.24) is 15.5 Å². The largest absolute Gasteiger partial charge is 0.304 e. The van der Waals surface area contributed by atoms with Crippen LogP contribution in [0.15, 0.2) is 12.2 Å². The van der Waals surface area contributed by atoms with Gasteiger partial charge in [0.2, 0.25) is 0 Å². The van der Waals surface area contributed by atoms with Crippen LogP contribution in [-0.4, -0.2) is 44.3 Å². The van der Waals surface area contributed by atoms with Crippen molar-refractivity contribution in [2.45, 2.75) is 52.2 Å². The third kappa shape index (κ3) is 8.36. The molecule has 3 heteroatoms. The summed E-state index contributed by atoms with van der Waals surface area (Å²) >= 11 is 0. The summed E-state index contributed by atoms with van der Waals surface area (Å²) in [6, 6.07) is 0.474. The standard InChI is InChI=1S/C14H31N3/c1-6-9-10-13(8-3)16-14(15-4)12-17(5)11-7-2/h9-10,13-16H,6-8,11-12H2,1-5H3/b10-9-. The Labute approximate surface area is 108 Å². The molecule has 2 atom stereocenters. The lowest BCUT2D eigenvalue weighted by Gasteiger charge is -2.27. The van der Waals surface area contributed by atoms with E-state index in [0.29, 0.717) is 12.2 Å². The fourth-order valence-corrected chi connectivity index (χ4v) is 1.88. The van der Waals surface area contributed by atoms with Crippen LogP contribution in [0, 0.1) is 0 Å². The van der Waals surface area contributed by atoms with Gasteiger partial charge in [0, 0.05) is 12.6 Å². The lowest BCUT2D eigenvalue weighted by molar-refractivity contribution is 0.263. The molecule has 0 aromatic rings. The molecule has 102 valence electrons. The van der Waals surface area contributed by atoms with E-state index in [0.717, 1.165) is 25.9 Å². The number of nitrogens with one attached hydrogen (secondary N) is 2. The zero-order valence-electron chi connectivity index (χ0n) is 12.3. The Morgan fingerprint density at radius 1 is 1.24 bits per heavy atom. The second-order valence-corrected chi connectivity index (χ2v) is 4.62. The highest BCUT2D eigenvalue weighted by molar-refractivity contribution is 4.93. The van der Waals surface area contributed by atoms with Gasteiger partial charge in [-0.25, -0.2) is 0 Å². The number of rotatable bonds is 10. The molecule has 0 aromatic carbocycles. The summed E-state index contributed by atoms with van der Waals surface area (Å²) in [6.07, 6.45) is 8.33. The first-order valence-electron chi connectivity index (χ1n) is 6.96. The van der Waals surface area contributed by atoms with Crippen molar-refractivity contribution >= 4 is 0 Å². The zero-order chi connectivity index (χ0) is 13.1. The van der Waals surface area contributed by atoms with Gasteiger partial charge in [0.1, 0.15) is 0 Å². The lowest BCUT2D eigenvalue weighted by atomic mass is 10.2. The van der Waals surface area contributed by atoms with E-state index in [1.807, 2.05) is 7.05 Å². The van der Waals surface area contributed by atoms with E-state index >= 15 is 0 Å². The van der Waals surface area contributed by atoms with E-state index in [-0.39, 0.29) is 0 Å². The Balaban J connectivity index is 4.12. The Morgan fingerprint density at radius 3 is 2.41 bits per heavy atom. The van der Waals surface area contributed by atoms with Gasteiger partial charge >= 0.3 is 0 Å². The zero-order valence-corrected chi connectivity index (χ0v) is 12.3. The first-order valence-corrected chi connectivity index (χ1v) is 6.96. The van der Waals surface area contributed by atoms with Gasteiger partial charge in [0.05, 0.1) is 6.17 Å². The maximum atomic E-state index is 3.64. The van der Waals surface area contributed by atoms with Crippen molar-refractivity contribution in [3.05, 3.63) is 12.2 Å². The van der Waals surface area contributed by atoms with Gasteiger partial charge in [0.15, 0.2) is 0 Å². The summed E-state index contributed by atoms with van der Waals surface area (Å²) in [5, 5.41) is 6.98. The van der Waals surface area contributed by atoms with Gasteiger partial charge in [-0.3, -0.25) is 5.32 Å². The van der Waals surface area contributed by atoms with Crippen LogP contribution in [0.3, 0.4) is 0 Å². The summed E-state index contributed by atoms with van der Waals surface area (Å²) in [5.74, 6) is 0.